The molecule has 238 valence electrons. The van der Waals surface area contributed by atoms with Crippen molar-refractivity contribution >= 4 is 29.7 Å². The van der Waals surface area contributed by atoms with Crippen LogP contribution >= 0.6 is 0 Å². The van der Waals surface area contributed by atoms with Crippen LogP contribution in [0.4, 0.5) is 0 Å². The summed E-state index contributed by atoms with van der Waals surface area (Å²) in [6, 6.07) is 0. The molecule has 10 nitrogen and oxygen atoms in total. The lowest BCUT2D eigenvalue weighted by atomic mass is 9.48. The number of rotatable bonds is 6. The second-order valence-electron chi connectivity index (χ2n) is 14.7. The Bertz CT molecular complexity index is 1430. The number of carbonyl (C=O) groups is 5. The summed E-state index contributed by atoms with van der Waals surface area (Å²) in [5, 5.41) is 0. The molecule has 1 saturated heterocycles. The quantitative estimate of drug-likeness (QED) is 0.248. The van der Waals surface area contributed by atoms with Gasteiger partial charge >= 0.3 is 23.9 Å². The maximum Gasteiger partial charge on any atom is 0.337 e. The number of ketones is 1. The van der Waals surface area contributed by atoms with Gasteiger partial charge in [-0.3, -0.25) is 19.2 Å². The van der Waals surface area contributed by atoms with E-state index in [1.165, 1.54) is 20.8 Å². The predicted octanol–water partition coefficient (Wildman–Crippen LogP) is 3.79. The first-order valence-corrected chi connectivity index (χ1v) is 16.0. The fourth-order valence-corrected chi connectivity index (χ4v) is 11.3. The molecule has 4 saturated carbocycles. The lowest BCUT2D eigenvalue weighted by Gasteiger charge is -2.57. The number of cyclic esters (lactones) is 1. The Kier molecular flexibility index (Phi) is 6.41. The molecule has 0 aromatic heterocycles. The van der Waals surface area contributed by atoms with Gasteiger partial charge in [0.1, 0.15) is 24.4 Å². The minimum atomic E-state index is -0.842. The smallest absolute Gasteiger partial charge is 0.337 e. The molecule has 0 amide bonds. The summed E-state index contributed by atoms with van der Waals surface area (Å²) >= 11 is 0. The van der Waals surface area contributed by atoms with Gasteiger partial charge in [-0.25, -0.2) is 4.79 Å². The fourth-order valence-electron chi connectivity index (χ4n) is 11.3. The average Bonchev–Trinajstić information content (AvgIpc) is 3.79. The first-order chi connectivity index (χ1) is 20.7. The molecule has 5 aliphatic carbocycles. The predicted molar refractivity (Wildman–Crippen MR) is 152 cm³/mol. The van der Waals surface area contributed by atoms with Crippen molar-refractivity contribution in [1.82, 2.24) is 0 Å². The van der Waals surface area contributed by atoms with E-state index < -0.39 is 52.0 Å². The van der Waals surface area contributed by atoms with Gasteiger partial charge in [0.15, 0.2) is 11.9 Å². The highest BCUT2D eigenvalue weighted by Gasteiger charge is 2.95. The van der Waals surface area contributed by atoms with E-state index in [1.54, 1.807) is 12.2 Å². The van der Waals surface area contributed by atoms with E-state index >= 15 is 0 Å². The molecule has 44 heavy (non-hydrogen) atoms. The fraction of sp³-hybridized carbons (Fsp3) is 0.735. The number of ether oxygens (including phenoxy) is 5. The third kappa shape index (κ3) is 3.66. The minimum absolute atomic E-state index is 0.0214. The van der Waals surface area contributed by atoms with Crippen molar-refractivity contribution in [1.29, 1.82) is 0 Å². The van der Waals surface area contributed by atoms with Crippen LogP contribution in [0.2, 0.25) is 0 Å². The maximum absolute atomic E-state index is 13.9. The van der Waals surface area contributed by atoms with E-state index in [0.29, 0.717) is 24.8 Å². The Labute approximate surface area is 257 Å². The van der Waals surface area contributed by atoms with Crippen LogP contribution in [0.5, 0.6) is 0 Å². The van der Waals surface area contributed by atoms with Crippen molar-refractivity contribution in [3.8, 4) is 0 Å². The van der Waals surface area contributed by atoms with Crippen molar-refractivity contribution in [2.75, 3.05) is 6.61 Å². The Morgan fingerprint density at radius 2 is 1.77 bits per heavy atom. The van der Waals surface area contributed by atoms with E-state index in [9.17, 15) is 24.0 Å². The van der Waals surface area contributed by atoms with E-state index in [1.807, 2.05) is 6.92 Å². The van der Waals surface area contributed by atoms with Gasteiger partial charge in [-0.05, 0) is 80.3 Å². The van der Waals surface area contributed by atoms with Gasteiger partial charge in [0.2, 0.25) is 0 Å². The van der Waals surface area contributed by atoms with Crippen LogP contribution in [0.25, 0.3) is 0 Å². The van der Waals surface area contributed by atoms with E-state index in [4.69, 9.17) is 23.7 Å². The molecule has 0 radical (unpaired) electrons. The van der Waals surface area contributed by atoms with Crippen LogP contribution in [0.15, 0.2) is 23.3 Å². The molecule has 0 N–H and O–H groups in total. The summed E-state index contributed by atoms with van der Waals surface area (Å²) in [4.78, 5) is 62.9. The topological polar surface area (TPSA) is 135 Å². The number of allylic oxidation sites excluding steroid dienone is 1. The third-order valence-electron chi connectivity index (χ3n) is 13.1. The van der Waals surface area contributed by atoms with Gasteiger partial charge in [0.25, 0.3) is 0 Å². The zero-order valence-electron chi connectivity index (χ0n) is 26.3. The van der Waals surface area contributed by atoms with Gasteiger partial charge in [0, 0.05) is 32.6 Å². The van der Waals surface area contributed by atoms with Crippen LogP contribution in [-0.4, -0.2) is 66.3 Å². The second-order valence-corrected chi connectivity index (χ2v) is 14.7. The van der Waals surface area contributed by atoms with Crippen molar-refractivity contribution in [3.05, 3.63) is 23.3 Å². The Hall–Kier alpha value is -3.01. The van der Waals surface area contributed by atoms with E-state index in [2.05, 4.69) is 13.8 Å². The summed E-state index contributed by atoms with van der Waals surface area (Å²) < 4.78 is 29.5. The molecule has 3 spiro atoms. The SMILES string of the molecule is CC(=O)OCC1=C(C)CC([C@@H](C)C2CCC3C4C[C@H]5O[C@]56[C@H](OC(C)=O)C=CC(=O)[C@@]65CC45C[C@@H](OC(C)=O)[C@@]32C)OC1=O. The average molecular weight is 611 g/mol. The highest BCUT2D eigenvalue weighted by Crippen LogP contribution is 2.89. The van der Waals surface area contributed by atoms with Crippen LogP contribution in [0.3, 0.4) is 0 Å². The lowest BCUT2D eigenvalue weighted by molar-refractivity contribution is -0.186. The largest absolute Gasteiger partial charge is 0.462 e. The molecule has 2 aliphatic heterocycles. The molecule has 10 heteroatoms. The van der Waals surface area contributed by atoms with Crippen LogP contribution in [0.1, 0.15) is 80.1 Å². The van der Waals surface area contributed by atoms with Gasteiger partial charge in [-0.2, -0.15) is 0 Å². The van der Waals surface area contributed by atoms with Crippen molar-refractivity contribution in [3.63, 3.8) is 0 Å². The lowest BCUT2D eigenvalue weighted by Crippen LogP contribution is -2.61. The van der Waals surface area contributed by atoms with E-state index in [0.717, 1.165) is 24.8 Å². The molecule has 5 fully saturated rings. The molecule has 0 aromatic rings. The zero-order valence-corrected chi connectivity index (χ0v) is 26.3. The first kappa shape index (κ1) is 29.7. The molecule has 2 heterocycles. The first-order valence-electron chi connectivity index (χ1n) is 16.0. The molecule has 12 atom stereocenters. The van der Waals surface area contributed by atoms with Crippen molar-refractivity contribution < 1.29 is 47.7 Å². The highest BCUT2D eigenvalue weighted by atomic mass is 16.7. The van der Waals surface area contributed by atoms with Gasteiger partial charge in [-0.1, -0.05) is 19.4 Å². The molecule has 0 aromatic carbocycles. The molecular weight excluding hydrogens is 568 g/mol. The Morgan fingerprint density at radius 1 is 1.05 bits per heavy atom. The summed E-state index contributed by atoms with van der Waals surface area (Å²) in [5.74, 6) is -1.18. The Balaban J connectivity index is 1.20. The number of epoxide rings is 1. The second kappa shape index (κ2) is 9.50. The summed E-state index contributed by atoms with van der Waals surface area (Å²) in [5.41, 5.74) is -1.17. The van der Waals surface area contributed by atoms with Crippen molar-refractivity contribution in [2.45, 2.75) is 110 Å². The Morgan fingerprint density at radius 3 is 2.43 bits per heavy atom. The van der Waals surface area contributed by atoms with Crippen LogP contribution in [0, 0.1) is 39.9 Å². The van der Waals surface area contributed by atoms with Gasteiger partial charge in [-0.15, -0.1) is 0 Å². The van der Waals surface area contributed by atoms with Crippen molar-refractivity contribution in [2.24, 2.45) is 39.9 Å². The van der Waals surface area contributed by atoms with Gasteiger partial charge in [0.05, 0.1) is 17.1 Å². The zero-order chi connectivity index (χ0) is 31.6. The van der Waals surface area contributed by atoms with E-state index in [-0.39, 0.29) is 54.2 Å². The third-order valence-corrected chi connectivity index (χ3v) is 13.1. The standard InChI is InChI=1S/C34H42O10/c1-16-11-25(43-30(39)21(16)14-40-18(3)35)17(2)22-7-8-23-24-12-28-34(44-28)27(41-19(4)36)10-9-26(38)33(34)15-32(24,33)13-29(31(22,23)6)42-20(5)37/h9-10,17,22-25,27-29H,7-8,11-15H2,1-6H3/t17-,22?,23?,24?,25?,27+,28+,29+,31+,32?,33+,34+/m0/s1. The number of carbonyl (C=O) groups excluding carboxylic acids is 5. The molecule has 0 bridgehead atoms. The van der Waals surface area contributed by atoms with Gasteiger partial charge < -0.3 is 23.7 Å². The monoisotopic (exact) mass is 610 g/mol. The molecule has 5 unspecified atom stereocenters. The molecule has 7 aliphatic rings. The van der Waals surface area contributed by atoms with Crippen LogP contribution < -0.4 is 0 Å². The molecule has 7 rings (SSSR count). The highest BCUT2D eigenvalue weighted by molar-refractivity contribution is 6.02. The number of hydrogen-bond donors (Lipinski definition) is 0. The number of fused-ring (bicyclic) bond motifs is 2. The summed E-state index contributed by atoms with van der Waals surface area (Å²) in [6.45, 7) is 10.3. The maximum atomic E-state index is 13.9. The number of esters is 4. The minimum Gasteiger partial charge on any atom is -0.462 e. The normalized spacial score (nSPS) is 46.7. The summed E-state index contributed by atoms with van der Waals surface area (Å²) in [7, 11) is 0. The molecular formula is C34H42O10. The van der Waals surface area contributed by atoms with Crippen LogP contribution in [-0.2, 0) is 47.7 Å². The summed E-state index contributed by atoms with van der Waals surface area (Å²) in [6.07, 6.45) is 6.01. The number of hydrogen-bond acceptors (Lipinski definition) is 10.